The van der Waals surface area contributed by atoms with Crippen LogP contribution >= 0.6 is 0 Å². The smallest absolute Gasteiger partial charge is 0.259 e. The number of hydrogen-bond donors (Lipinski definition) is 0. The largest absolute Gasteiger partial charge is 0.433 e. The highest BCUT2D eigenvalue weighted by atomic mass is 32.2. The molecule has 0 radical (unpaired) electrons. The predicted octanol–water partition coefficient (Wildman–Crippen LogP) is 5.52. The van der Waals surface area contributed by atoms with Gasteiger partial charge in [-0.1, -0.05) is 0 Å². The molecular weight excluding hydrogens is 472 g/mol. The molecule has 5 rings (SSSR count). The fourth-order valence-corrected chi connectivity index (χ4v) is 6.13. The van der Waals surface area contributed by atoms with Crippen molar-refractivity contribution in [3.05, 3.63) is 59.8 Å². The van der Waals surface area contributed by atoms with Crippen LogP contribution in [-0.4, -0.2) is 23.2 Å². The van der Waals surface area contributed by atoms with Gasteiger partial charge in [0, 0.05) is 17.3 Å². The summed E-state index contributed by atoms with van der Waals surface area (Å²) in [5, 5.41) is 4.52. The van der Waals surface area contributed by atoms with E-state index in [4.69, 9.17) is 0 Å². The molecule has 1 atom stereocenters. The molecule has 0 N–H and O–H groups in total. The molecule has 3 aromatic rings. The third kappa shape index (κ3) is 3.57. The van der Waals surface area contributed by atoms with E-state index in [9.17, 15) is 26.0 Å². The maximum atomic E-state index is 14.4. The van der Waals surface area contributed by atoms with Crippen LogP contribution in [0.15, 0.2) is 47.6 Å². The van der Waals surface area contributed by atoms with E-state index in [-0.39, 0.29) is 16.5 Å². The van der Waals surface area contributed by atoms with Gasteiger partial charge in [-0.2, -0.15) is 18.3 Å². The molecular formula is C23H22F4N4O2S. The number of benzene rings is 1. The van der Waals surface area contributed by atoms with Crippen molar-refractivity contribution in [3.8, 4) is 11.3 Å². The SMILES string of the molecule is CC(C)(C)n1ncc2c1-c1cc(F)ccc1N(S(=O)(=O)c1ccc(C(F)(F)F)nc1)[C@@H]2C1CC1. The van der Waals surface area contributed by atoms with E-state index in [2.05, 4.69) is 10.1 Å². The molecule has 1 fully saturated rings. The van der Waals surface area contributed by atoms with Gasteiger partial charge in [0.2, 0.25) is 0 Å². The fourth-order valence-electron chi connectivity index (χ4n) is 4.47. The number of rotatable bonds is 3. The van der Waals surface area contributed by atoms with Crippen molar-refractivity contribution in [3.63, 3.8) is 0 Å². The lowest BCUT2D eigenvalue weighted by Crippen LogP contribution is -2.39. The van der Waals surface area contributed by atoms with Gasteiger partial charge >= 0.3 is 6.18 Å². The Kier molecular flexibility index (Phi) is 4.88. The zero-order valence-electron chi connectivity index (χ0n) is 18.6. The van der Waals surface area contributed by atoms with Crippen LogP contribution in [0, 0.1) is 11.7 Å². The maximum absolute atomic E-state index is 14.4. The highest BCUT2D eigenvalue weighted by Crippen LogP contribution is 2.55. The van der Waals surface area contributed by atoms with Crippen LogP contribution in [0.4, 0.5) is 23.2 Å². The summed E-state index contributed by atoms with van der Waals surface area (Å²) in [4.78, 5) is 2.97. The fraction of sp³-hybridized carbons (Fsp3) is 0.391. The number of nitrogens with zero attached hydrogens (tertiary/aromatic N) is 4. The number of alkyl halides is 3. The van der Waals surface area contributed by atoms with Crippen LogP contribution in [0.25, 0.3) is 11.3 Å². The van der Waals surface area contributed by atoms with E-state index in [1.54, 1.807) is 10.9 Å². The quantitative estimate of drug-likeness (QED) is 0.450. The Morgan fingerprint density at radius 1 is 1.03 bits per heavy atom. The minimum Gasteiger partial charge on any atom is -0.259 e. The third-order valence-electron chi connectivity index (χ3n) is 6.11. The molecule has 0 spiro atoms. The standard InChI is InChI=1S/C23H22F4N4O2S/c1-22(2,3)31-21-16-10-14(24)6-8-18(16)30(20(13-4-5-13)17(21)12-29-31)34(32,33)15-7-9-19(28-11-15)23(25,26)27/h6-13,20H,4-5H2,1-3H3/t20-/m1/s1. The van der Waals surface area contributed by atoms with Crippen LogP contribution in [0.2, 0.25) is 0 Å². The molecule has 1 aliphatic carbocycles. The summed E-state index contributed by atoms with van der Waals surface area (Å²) in [5.74, 6) is -0.531. The summed E-state index contributed by atoms with van der Waals surface area (Å²) < 4.78 is 84.0. The molecule has 6 nitrogen and oxygen atoms in total. The number of hydrogen-bond acceptors (Lipinski definition) is 4. The summed E-state index contributed by atoms with van der Waals surface area (Å²) in [7, 11) is -4.33. The van der Waals surface area contributed by atoms with Crippen LogP contribution < -0.4 is 4.31 Å². The van der Waals surface area contributed by atoms with Gasteiger partial charge in [0.1, 0.15) is 16.4 Å². The van der Waals surface area contributed by atoms with E-state index in [1.807, 2.05) is 20.8 Å². The molecule has 2 aliphatic rings. The minimum atomic E-state index is -4.69. The average molecular weight is 495 g/mol. The first-order valence-electron chi connectivity index (χ1n) is 10.8. The van der Waals surface area contributed by atoms with Crippen LogP contribution in [0.1, 0.15) is 50.9 Å². The molecule has 3 heterocycles. The van der Waals surface area contributed by atoms with Crippen molar-refractivity contribution >= 4 is 15.7 Å². The molecule has 1 aromatic carbocycles. The monoisotopic (exact) mass is 494 g/mol. The number of aromatic nitrogens is 3. The summed E-state index contributed by atoms with van der Waals surface area (Å²) in [6, 6.07) is 4.80. The van der Waals surface area contributed by atoms with Gasteiger partial charge < -0.3 is 0 Å². The number of halogens is 4. The molecule has 0 saturated heterocycles. The lowest BCUT2D eigenvalue weighted by Gasteiger charge is -2.39. The first-order chi connectivity index (χ1) is 15.8. The highest BCUT2D eigenvalue weighted by molar-refractivity contribution is 7.92. The van der Waals surface area contributed by atoms with Crippen molar-refractivity contribution < 1.29 is 26.0 Å². The Morgan fingerprint density at radius 3 is 2.29 bits per heavy atom. The van der Waals surface area contributed by atoms with Crippen molar-refractivity contribution in [1.82, 2.24) is 14.8 Å². The van der Waals surface area contributed by atoms with Gasteiger partial charge in [-0.05, 0) is 69.9 Å². The van der Waals surface area contributed by atoms with Crippen molar-refractivity contribution in [2.45, 2.75) is 56.3 Å². The average Bonchev–Trinajstić information content (AvgIpc) is 3.48. The molecule has 1 aliphatic heterocycles. The Balaban J connectivity index is 1.73. The lowest BCUT2D eigenvalue weighted by atomic mass is 9.92. The first-order valence-corrected chi connectivity index (χ1v) is 12.2. The Morgan fingerprint density at radius 2 is 1.74 bits per heavy atom. The van der Waals surface area contributed by atoms with E-state index >= 15 is 0 Å². The zero-order chi connectivity index (χ0) is 24.6. The number of anilines is 1. The predicted molar refractivity (Wildman–Crippen MR) is 117 cm³/mol. The second kappa shape index (κ2) is 7.27. The molecule has 0 unspecified atom stereocenters. The van der Waals surface area contributed by atoms with Crippen molar-refractivity contribution in [2.75, 3.05) is 4.31 Å². The molecule has 11 heteroatoms. The molecule has 34 heavy (non-hydrogen) atoms. The van der Waals surface area contributed by atoms with E-state index in [0.29, 0.717) is 22.9 Å². The van der Waals surface area contributed by atoms with Gasteiger partial charge in [-0.15, -0.1) is 0 Å². The van der Waals surface area contributed by atoms with E-state index in [0.717, 1.165) is 25.1 Å². The van der Waals surface area contributed by atoms with Gasteiger partial charge in [-0.3, -0.25) is 14.0 Å². The molecule has 1 saturated carbocycles. The van der Waals surface area contributed by atoms with Gasteiger partial charge in [0.05, 0.1) is 29.2 Å². The second-order valence-corrected chi connectivity index (χ2v) is 11.5. The third-order valence-corrected chi connectivity index (χ3v) is 7.89. The minimum absolute atomic E-state index is 0.00625. The van der Waals surface area contributed by atoms with Gasteiger partial charge in [-0.25, -0.2) is 12.8 Å². The summed E-state index contributed by atoms with van der Waals surface area (Å²) in [5.41, 5.74) is 0.290. The number of fused-ring (bicyclic) bond motifs is 3. The zero-order valence-corrected chi connectivity index (χ0v) is 19.5. The molecule has 180 valence electrons. The van der Waals surface area contributed by atoms with Crippen LogP contribution in [-0.2, 0) is 21.7 Å². The second-order valence-electron chi connectivity index (χ2n) is 9.65. The highest BCUT2D eigenvalue weighted by Gasteiger charge is 2.48. The summed E-state index contributed by atoms with van der Waals surface area (Å²) >= 11 is 0. The number of pyridine rings is 1. The topological polar surface area (TPSA) is 68.1 Å². The summed E-state index contributed by atoms with van der Waals surface area (Å²) in [6.45, 7) is 5.84. The van der Waals surface area contributed by atoms with E-state index < -0.39 is 39.3 Å². The Labute approximate surface area is 194 Å². The first kappa shape index (κ1) is 22.8. The van der Waals surface area contributed by atoms with Crippen molar-refractivity contribution in [2.24, 2.45) is 5.92 Å². The Hall–Kier alpha value is -2.95. The number of sulfonamides is 1. The Bertz CT molecular complexity index is 1370. The van der Waals surface area contributed by atoms with Crippen LogP contribution in [0.3, 0.4) is 0 Å². The van der Waals surface area contributed by atoms with Crippen molar-refractivity contribution in [1.29, 1.82) is 0 Å². The maximum Gasteiger partial charge on any atom is 0.433 e. The lowest BCUT2D eigenvalue weighted by molar-refractivity contribution is -0.141. The normalized spacial score (nSPS) is 18.6. The van der Waals surface area contributed by atoms with Gasteiger partial charge in [0.15, 0.2) is 0 Å². The summed E-state index contributed by atoms with van der Waals surface area (Å²) in [6.07, 6.45) is -0.772. The molecule has 2 aromatic heterocycles. The molecule has 0 bridgehead atoms. The van der Waals surface area contributed by atoms with Crippen LogP contribution in [0.5, 0.6) is 0 Å². The van der Waals surface area contributed by atoms with Gasteiger partial charge in [0.25, 0.3) is 10.0 Å². The molecule has 0 amide bonds. The van der Waals surface area contributed by atoms with E-state index in [1.165, 1.54) is 22.5 Å².